The van der Waals surface area contributed by atoms with Gasteiger partial charge in [-0.1, -0.05) is 13.8 Å². The van der Waals surface area contributed by atoms with Crippen LogP contribution in [0.25, 0.3) is 0 Å². The fourth-order valence-corrected chi connectivity index (χ4v) is 1.24. The van der Waals surface area contributed by atoms with E-state index in [1.807, 2.05) is 0 Å². The van der Waals surface area contributed by atoms with Gasteiger partial charge in [-0.3, -0.25) is 4.79 Å². The third-order valence-corrected chi connectivity index (χ3v) is 2.29. The summed E-state index contributed by atoms with van der Waals surface area (Å²) in [6.07, 6.45) is 0.865. The molecule has 0 saturated carbocycles. The highest BCUT2D eigenvalue weighted by Crippen LogP contribution is 2.19. The Morgan fingerprint density at radius 3 is 2.69 bits per heavy atom. The second-order valence-electron chi connectivity index (χ2n) is 4.23. The first-order valence-electron chi connectivity index (χ1n) is 5.44. The summed E-state index contributed by atoms with van der Waals surface area (Å²) in [5.74, 6) is 0.162. The predicted molar refractivity (Wildman–Crippen MR) is 61.4 cm³/mol. The van der Waals surface area contributed by atoms with Crippen LogP contribution in [-0.2, 0) is 0 Å². The number of benzene rings is 1. The molecule has 2 nitrogen and oxygen atoms in total. The molecule has 0 aliphatic heterocycles. The minimum absolute atomic E-state index is 0.0892. The molecule has 1 aromatic carbocycles. The van der Waals surface area contributed by atoms with Gasteiger partial charge in [-0.15, -0.1) is 0 Å². The van der Waals surface area contributed by atoms with Crippen molar-refractivity contribution in [2.75, 3.05) is 6.61 Å². The molecule has 0 saturated heterocycles. The maximum atomic E-state index is 13.3. The number of hydrogen-bond donors (Lipinski definition) is 0. The number of ketones is 1. The van der Waals surface area contributed by atoms with Gasteiger partial charge in [0.2, 0.25) is 0 Å². The molecule has 0 radical (unpaired) electrons. The molecule has 16 heavy (non-hydrogen) atoms. The standard InChI is InChI=1S/C13H17FO2/c1-9(2)6-7-16-13-8-11(10(3)15)4-5-12(13)14/h4-5,8-9H,6-7H2,1-3H3. The smallest absolute Gasteiger partial charge is 0.165 e. The molecule has 1 aromatic rings. The fraction of sp³-hybridized carbons (Fsp3) is 0.462. The first-order chi connectivity index (χ1) is 7.50. The highest BCUT2D eigenvalue weighted by atomic mass is 19.1. The van der Waals surface area contributed by atoms with E-state index in [0.717, 1.165) is 6.42 Å². The van der Waals surface area contributed by atoms with Crippen LogP contribution in [0.2, 0.25) is 0 Å². The topological polar surface area (TPSA) is 26.3 Å². The minimum Gasteiger partial charge on any atom is -0.490 e. The Balaban J connectivity index is 2.70. The van der Waals surface area contributed by atoms with Crippen LogP contribution < -0.4 is 4.74 Å². The van der Waals surface area contributed by atoms with Crippen LogP contribution in [0.4, 0.5) is 4.39 Å². The second-order valence-corrected chi connectivity index (χ2v) is 4.23. The first-order valence-corrected chi connectivity index (χ1v) is 5.44. The maximum absolute atomic E-state index is 13.3. The van der Waals surface area contributed by atoms with E-state index in [2.05, 4.69) is 13.8 Å². The van der Waals surface area contributed by atoms with E-state index < -0.39 is 5.82 Å². The number of ether oxygens (including phenoxy) is 1. The zero-order chi connectivity index (χ0) is 12.1. The van der Waals surface area contributed by atoms with Crippen molar-refractivity contribution in [3.63, 3.8) is 0 Å². The molecule has 0 bridgehead atoms. The van der Waals surface area contributed by atoms with Crippen molar-refractivity contribution >= 4 is 5.78 Å². The highest BCUT2D eigenvalue weighted by Gasteiger charge is 2.07. The first kappa shape index (κ1) is 12.7. The molecule has 3 heteroatoms. The Labute approximate surface area is 95.4 Å². The van der Waals surface area contributed by atoms with Crippen molar-refractivity contribution in [2.24, 2.45) is 5.92 Å². The van der Waals surface area contributed by atoms with Crippen LogP contribution in [0.3, 0.4) is 0 Å². The van der Waals surface area contributed by atoms with Gasteiger partial charge < -0.3 is 4.74 Å². The zero-order valence-electron chi connectivity index (χ0n) is 9.92. The molecule has 0 amide bonds. The third-order valence-electron chi connectivity index (χ3n) is 2.29. The summed E-state index contributed by atoms with van der Waals surface area (Å²) in [6, 6.07) is 4.19. The summed E-state index contributed by atoms with van der Waals surface area (Å²) in [7, 11) is 0. The Kier molecular flexibility index (Phi) is 4.47. The molecule has 88 valence electrons. The molecule has 0 heterocycles. The van der Waals surface area contributed by atoms with Gasteiger partial charge in [0, 0.05) is 5.56 Å². The normalized spacial score (nSPS) is 10.6. The fourth-order valence-electron chi connectivity index (χ4n) is 1.24. The van der Waals surface area contributed by atoms with Crippen molar-refractivity contribution in [1.29, 1.82) is 0 Å². The number of halogens is 1. The van der Waals surface area contributed by atoms with Gasteiger partial charge in [0.15, 0.2) is 17.3 Å². The lowest BCUT2D eigenvalue weighted by Crippen LogP contribution is -2.04. The van der Waals surface area contributed by atoms with Gasteiger partial charge >= 0.3 is 0 Å². The summed E-state index contributed by atoms with van der Waals surface area (Å²) >= 11 is 0. The molecular weight excluding hydrogens is 207 g/mol. The predicted octanol–water partition coefficient (Wildman–Crippen LogP) is 3.45. The molecular formula is C13H17FO2. The van der Waals surface area contributed by atoms with E-state index in [-0.39, 0.29) is 11.5 Å². The van der Waals surface area contributed by atoms with Crippen LogP contribution in [-0.4, -0.2) is 12.4 Å². The average Bonchev–Trinajstić information content (AvgIpc) is 2.20. The number of Topliss-reactive ketones (excluding diaryl/α,β-unsaturated/α-hetero) is 1. The van der Waals surface area contributed by atoms with Crippen LogP contribution in [0, 0.1) is 11.7 Å². The highest BCUT2D eigenvalue weighted by molar-refractivity contribution is 5.94. The lowest BCUT2D eigenvalue weighted by Gasteiger charge is -2.09. The summed E-state index contributed by atoms with van der Waals surface area (Å²) in [5.41, 5.74) is 0.473. The molecule has 0 aliphatic rings. The lowest BCUT2D eigenvalue weighted by atomic mass is 10.1. The lowest BCUT2D eigenvalue weighted by molar-refractivity contribution is 0.101. The van der Waals surface area contributed by atoms with Crippen molar-refractivity contribution in [2.45, 2.75) is 27.2 Å². The summed E-state index contributed by atoms with van der Waals surface area (Å²) in [5, 5.41) is 0. The zero-order valence-corrected chi connectivity index (χ0v) is 9.92. The molecule has 0 aromatic heterocycles. The van der Waals surface area contributed by atoms with Crippen LogP contribution in [0.5, 0.6) is 5.75 Å². The average molecular weight is 224 g/mol. The van der Waals surface area contributed by atoms with Crippen molar-refractivity contribution in [3.05, 3.63) is 29.6 Å². The van der Waals surface area contributed by atoms with E-state index in [1.54, 1.807) is 0 Å². The summed E-state index contributed by atoms with van der Waals surface area (Å²) in [4.78, 5) is 11.1. The molecule has 0 N–H and O–H groups in total. The van der Waals surface area contributed by atoms with E-state index >= 15 is 0 Å². The third kappa shape index (κ3) is 3.65. The Hall–Kier alpha value is -1.38. The van der Waals surface area contributed by atoms with E-state index in [4.69, 9.17) is 4.74 Å². The van der Waals surface area contributed by atoms with E-state index in [0.29, 0.717) is 18.1 Å². The number of carbonyl (C=O) groups is 1. The summed E-state index contributed by atoms with van der Waals surface area (Å²) in [6.45, 7) is 6.07. The number of hydrogen-bond acceptors (Lipinski definition) is 2. The Morgan fingerprint density at radius 2 is 2.12 bits per heavy atom. The van der Waals surface area contributed by atoms with Gasteiger partial charge in [-0.25, -0.2) is 4.39 Å². The second kappa shape index (κ2) is 5.64. The quantitative estimate of drug-likeness (QED) is 0.716. The molecule has 0 aliphatic carbocycles. The summed E-state index contributed by atoms with van der Waals surface area (Å²) < 4.78 is 18.6. The number of rotatable bonds is 5. The number of carbonyl (C=O) groups excluding carboxylic acids is 1. The Morgan fingerprint density at radius 1 is 1.44 bits per heavy atom. The molecule has 0 fully saturated rings. The monoisotopic (exact) mass is 224 g/mol. The van der Waals surface area contributed by atoms with Gasteiger partial charge in [0.25, 0.3) is 0 Å². The minimum atomic E-state index is -0.422. The van der Waals surface area contributed by atoms with Crippen LogP contribution >= 0.6 is 0 Å². The largest absolute Gasteiger partial charge is 0.490 e. The SMILES string of the molecule is CC(=O)c1ccc(F)c(OCCC(C)C)c1. The van der Waals surface area contributed by atoms with Gasteiger partial charge in [0.05, 0.1) is 6.61 Å². The van der Waals surface area contributed by atoms with Gasteiger partial charge in [-0.2, -0.15) is 0 Å². The van der Waals surface area contributed by atoms with E-state index in [9.17, 15) is 9.18 Å². The van der Waals surface area contributed by atoms with Gasteiger partial charge in [0.1, 0.15) is 0 Å². The van der Waals surface area contributed by atoms with E-state index in [1.165, 1.54) is 25.1 Å². The molecule has 0 atom stereocenters. The van der Waals surface area contributed by atoms with Crippen molar-refractivity contribution in [1.82, 2.24) is 0 Å². The van der Waals surface area contributed by atoms with Gasteiger partial charge in [-0.05, 0) is 37.5 Å². The molecule has 0 spiro atoms. The van der Waals surface area contributed by atoms with Crippen molar-refractivity contribution < 1.29 is 13.9 Å². The van der Waals surface area contributed by atoms with Crippen LogP contribution in [0.1, 0.15) is 37.6 Å². The molecule has 1 rings (SSSR count). The molecule has 0 unspecified atom stereocenters. The maximum Gasteiger partial charge on any atom is 0.165 e. The Bertz CT molecular complexity index is 372. The van der Waals surface area contributed by atoms with Crippen LogP contribution in [0.15, 0.2) is 18.2 Å². The van der Waals surface area contributed by atoms with Crippen molar-refractivity contribution in [3.8, 4) is 5.75 Å².